The lowest BCUT2D eigenvalue weighted by Gasteiger charge is -2.40. The molecule has 116 valence electrons. The van der Waals surface area contributed by atoms with Gasteiger partial charge >= 0.3 is 0 Å². The highest BCUT2D eigenvalue weighted by atomic mass is 32.2. The minimum absolute atomic E-state index is 0.341. The van der Waals surface area contributed by atoms with Gasteiger partial charge in [0.1, 0.15) is 29.8 Å². The summed E-state index contributed by atoms with van der Waals surface area (Å²) in [6.45, 7) is 2.04. The van der Waals surface area contributed by atoms with E-state index in [9.17, 15) is 15.3 Å². The van der Waals surface area contributed by atoms with Gasteiger partial charge in [0.15, 0.2) is 5.17 Å². The predicted octanol–water partition coefficient (Wildman–Crippen LogP) is 0.0172. The molecule has 0 amide bonds. The van der Waals surface area contributed by atoms with Gasteiger partial charge in [-0.25, -0.2) is 0 Å². The molecule has 6 unspecified atom stereocenters. The van der Waals surface area contributed by atoms with Crippen LogP contribution in [0.3, 0.4) is 0 Å². The smallest absolute Gasteiger partial charge is 0.161 e. The topological polar surface area (TPSA) is 85.5 Å². The highest BCUT2D eigenvalue weighted by Gasteiger charge is 2.50. The molecule has 20 heavy (non-hydrogen) atoms. The highest BCUT2D eigenvalue weighted by molar-refractivity contribution is 8.14. The van der Waals surface area contributed by atoms with Gasteiger partial charge in [0.25, 0.3) is 0 Å². The summed E-state index contributed by atoms with van der Waals surface area (Å²) in [6.07, 6.45) is -1.21. The number of unbranched alkanes of at least 4 members (excludes halogenated alkanes) is 1. The largest absolute Gasteiger partial charge is 0.390 e. The molecular weight excluding hydrogens is 280 g/mol. The number of aliphatic hydroxyl groups is 3. The zero-order chi connectivity index (χ0) is 14.9. The van der Waals surface area contributed by atoms with Crippen molar-refractivity contribution >= 4 is 16.9 Å². The van der Waals surface area contributed by atoms with Crippen LogP contribution in [-0.2, 0) is 4.74 Å². The molecular formula is C13H24N2O4S. The molecule has 6 nitrogen and oxygen atoms in total. The Balaban J connectivity index is 2.05. The van der Waals surface area contributed by atoms with Crippen LogP contribution in [-0.4, -0.2) is 75.4 Å². The Labute approximate surface area is 123 Å². The molecule has 0 aromatic heterocycles. The lowest BCUT2D eigenvalue weighted by molar-refractivity contribution is -0.185. The Bertz CT molecular complexity index is 366. The van der Waals surface area contributed by atoms with Crippen LogP contribution in [0.15, 0.2) is 4.99 Å². The quantitative estimate of drug-likeness (QED) is 0.679. The molecule has 2 heterocycles. The van der Waals surface area contributed by atoms with Crippen molar-refractivity contribution in [2.75, 3.05) is 14.1 Å². The van der Waals surface area contributed by atoms with E-state index in [1.165, 1.54) is 11.8 Å². The molecule has 0 aromatic carbocycles. The molecule has 2 aliphatic rings. The Morgan fingerprint density at radius 1 is 1.35 bits per heavy atom. The van der Waals surface area contributed by atoms with Crippen LogP contribution >= 0.6 is 11.8 Å². The van der Waals surface area contributed by atoms with Gasteiger partial charge in [-0.2, -0.15) is 0 Å². The zero-order valence-electron chi connectivity index (χ0n) is 12.1. The van der Waals surface area contributed by atoms with Crippen molar-refractivity contribution in [1.82, 2.24) is 4.90 Å². The maximum absolute atomic E-state index is 10.2. The molecule has 1 fully saturated rings. The SMILES string of the molecule is CCCCC(O)C1OC2SC(N(C)C)=NC2C(O)C1O. The Morgan fingerprint density at radius 2 is 2.05 bits per heavy atom. The third kappa shape index (κ3) is 3.12. The third-order valence-electron chi connectivity index (χ3n) is 3.70. The minimum atomic E-state index is -1.10. The molecule has 0 aliphatic carbocycles. The normalized spacial score (nSPS) is 38.3. The minimum Gasteiger partial charge on any atom is -0.390 e. The maximum Gasteiger partial charge on any atom is 0.161 e. The van der Waals surface area contributed by atoms with E-state index in [1.807, 2.05) is 25.9 Å². The fourth-order valence-electron chi connectivity index (χ4n) is 2.49. The number of hydrogen-bond donors (Lipinski definition) is 3. The summed E-state index contributed by atoms with van der Waals surface area (Å²) >= 11 is 1.42. The Hall–Kier alpha value is -0.340. The fraction of sp³-hybridized carbons (Fsp3) is 0.923. The van der Waals surface area contributed by atoms with Crippen LogP contribution in [0.25, 0.3) is 0 Å². The van der Waals surface area contributed by atoms with Gasteiger partial charge in [0.05, 0.1) is 6.10 Å². The van der Waals surface area contributed by atoms with Gasteiger partial charge in [0.2, 0.25) is 0 Å². The highest BCUT2D eigenvalue weighted by Crippen LogP contribution is 2.38. The summed E-state index contributed by atoms with van der Waals surface area (Å²) < 4.78 is 5.79. The fourth-order valence-corrected chi connectivity index (χ4v) is 3.63. The van der Waals surface area contributed by atoms with Gasteiger partial charge < -0.3 is 25.0 Å². The second-order valence-corrected chi connectivity index (χ2v) is 6.64. The first kappa shape index (κ1) is 16.0. The number of amidine groups is 1. The van der Waals surface area contributed by atoms with E-state index in [4.69, 9.17) is 4.74 Å². The first-order chi connectivity index (χ1) is 9.45. The number of nitrogens with zero attached hydrogens (tertiary/aromatic N) is 2. The van der Waals surface area contributed by atoms with E-state index in [0.29, 0.717) is 6.42 Å². The molecule has 0 bridgehead atoms. The number of aliphatic hydroxyl groups excluding tert-OH is 3. The average molecular weight is 304 g/mol. The summed E-state index contributed by atoms with van der Waals surface area (Å²) in [5, 5.41) is 31.3. The van der Waals surface area contributed by atoms with Crippen molar-refractivity contribution in [3.63, 3.8) is 0 Å². The van der Waals surface area contributed by atoms with Gasteiger partial charge in [-0.3, -0.25) is 4.99 Å². The number of fused-ring (bicyclic) bond motifs is 1. The second-order valence-electron chi connectivity index (χ2n) is 5.57. The van der Waals surface area contributed by atoms with Crippen LogP contribution in [0.5, 0.6) is 0 Å². The number of rotatable bonds is 4. The van der Waals surface area contributed by atoms with E-state index in [0.717, 1.165) is 18.0 Å². The lowest BCUT2D eigenvalue weighted by Crippen LogP contribution is -2.58. The number of hydrogen-bond acceptors (Lipinski definition) is 7. The summed E-state index contributed by atoms with van der Waals surface area (Å²) in [5.41, 5.74) is -0.341. The Morgan fingerprint density at radius 3 is 2.65 bits per heavy atom. The molecule has 2 rings (SSSR count). The molecule has 7 heteroatoms. The first-order valence-corrected chi connectivity index (χ1v) is 7.95. The molecule has 0 spiro atoms. The number of thioether (sulfide) groups is 1. The molecule has 1 saturated heterocycles. The molecule has 2 aliphatic heterocycles. The second kappa shape index (κ2) is 6.62. The van der Waals surface area contributed by atoms with Crippen molar-refractivity contribution in [3.05, 3.63) is 0 Å². The molecule has 0 radical (unpaired) electrons. The van der Waals surface area contributed by atoms with E-state index in [-0.39, 0.29) is 5.44 Å². The molecule has 3 N–H and O–H groups in total. The van der Waals surface area contributed by atoms with Crippen molar-refractivity contribution in [2.45, 2.75) is 62.1 Å². The zero-order valence-corrected chi connectivity index (χ0v) is 13.0. The molecule has 6 atom stereocenters. The van der Waals surface area contributed by atoms with Crippen LogP contribution < -0.4 is 0 Å². The molecule has 0 aromatic rings. The number of aliphatic imine (C=N–C) groups is 1. The van der Waals surface area contributed by atoms with E-state index in [1.54, 1.807) is 0 Å². The van der Waals surface area contributed by atoms with Crippen LogP contribution in [0.2, 0.25) is 0 Å². The monoisotopic (exact) mass is 304 g/mol. The molecule has 0 saturated carbocycles. The van der Waals surface area contributed by atoms with E-state index in [2.05, 4.69) is 4.99 Å². The van der Waals surface area contributed by atoms with Crippen molar-refractivity contribution in [3.8, 4) is 0 Å². The third-order valence-corrected chi connectivity index (χ3v) is 5.01. The summed E-state index contributed by atoms with van der Waals surface area (Å²) in [4.78, 5) is 6.24. The van der Waals surface area contributed by atoms with Gasteiger partial charge in [0, 0.05) is 14.1 Å². The first-order valence-electron chi connectivity index (χ1n) is 7.07. The van der Waals surface area contributed by atoms with Gasteiger partial charge in [-0.15, -0.1) is 0 Å². The van der Waals surface area contributed by atoms with Crippen LogP contribution in [0, 0.1) is 0 Å². The van der Waals surface area contributed by atoms with Gasteiger partial charge in [-0.1, -0.05) is 31.5 Å². The van der Waals surface area contributed by atoms with Crippen LogP contribution in [0.4, 0.5) is 0 Å². The maximum atomic E-state index is 10.2. The average Bonchev–Trinajstić information content (AvgIpc) is 2.84. The number of ether oxygens (including phenoxy) is 1. The van der Waals surface area contributed by atoms with E-state index >= 15 is 0 Å². The van der Waals surface area contributed by atoms with Crippen molar-refractivity contribution in [2.24, 2.45) is 4.99 Å². The van der Waals surface area contributed by atoms with Crippen LogP contribution in [0.1, 0.15) is 26.2 Å². The standard InChI is InChI=1S/C13H24N2O4S/c1-4-5-6-7(16)11-10(18)9(17)8-12(19-11)20-13(14-8)15(2)3/h7-12,16-18H,4-6H2,1-3H3. The van der Waals surface area contributed by atoms with E-state index < -0.39 is 30.5 Å². The van der Waals surface area contributed by atoms with Crippen molar-refractivity contribution < 1.29 is 20.1 Å². The summed E-state index contributed by atoms with van der Waals surface area (Å²) in [6, 6.07) is -0.470. The Kier molecular flexibility index (Phi) is 5.30. The predicted molar refractivity (Wildman–Crippen MR) is 78.7 cm³/mol. The summed E-state index contributed by atoms with van der Waals surface area (Å²) in [7, 11) is 3.75. The summed E-state index contributed by atoms with van der Waals surface area (Å²) in [5.74, 6) is 0. The lowest BCUT2D eigenvalue weighted by atomic mass is 9.93. The van der Waals surface area contributed by atoms with Crippen molar-refractivity contribution in [1.29, 1.82) is 0 Å². The van der Waals surface area contributed by atoms with Gasteiger partial charge in [-0.05, 0) is 6.42 Å².